The third kappa shape index (κ3) is 3.93. The van der Waals surface area contributed by atoms with Gasteiger partial charge < -0.3 is 4.74 Å². The molecule has 0 saturated heterocycles. The number of hydrogen-bond donors (Lipinski definition) is 0. The monoisotopic (exact) mass is 400 g/mol. The topological polar surface area (TPSA) is 9.23 Å². The van der Waals surface area contributed by atoms with Crippen LogP contribution >= 0.6 is 11.6 Å². The molecular formula is C21H21ClF4O. The van der Waals surface area contributed by atoms with Gasteiger partial charge in [0.05, 0.1) is 6.61 Å². The van der Waals surface area contributed by atoms with Crippen LogP contribution in [0.25, 0.3) is 11.1 Å². The Balaban J connectivity index is 1.93. The Labute approximate surface area is 161 Å². The van der Waals surface area contributed by atoms with Crippen molar-refractivity contribution in [2.24, 2.45) is 5.92 Å². The zero-order valence-corrected chi connectivity index (χ0v) is 15.8. The van der Waals surface area contributed by atoms with Crippen molar-refractivity contribution in [3.05, 3.63) is 53.1 Å². The number of benzene rings is 2. The van der Waals surface area contributed by atoms with Gasteiger partial charge in [-0.25, -0.2) is 13.2 Å². The third-order valence-electron chi connectivity index (χ3n) is 5.25. The van der Waals surface area contributed by atoms with Gasteiger partial charge in [-0.05, 0) is 62.1 Å². The van der Waals surface area contributed by atoms with Crippen LogP contribution in [-0.4, -0.2) is 12.5 Å². The van der Waals surface area contributed by atoms with Crippen molar-refractivity contribution in [2.75, 3.05) is 12.5 Å². The van der Waals surface area contributed by atoms with Gasteiger partial charge in [0.15, 0.2) is 23.2 Å². The molecule has 2 aromatic carbocycles. The van der Waals surface area contributed by atoms with E-state index in [0.29, 0.717) is 11.8 Å². The Bertz CT molecular complexity index is 816. The predicted molar refractivity (Wildman–Crippen MR) is 98.3 cm³/mol. The average molecular weight is 401 g/mol. The van der Waals surface area contributed by atoms with Crippen molar-refractivity contribution in [3.8, 4) is 16.9 Å². The molecule has 146 valence electrons. The Hall–Kier alpha value is -1.75. The summed E-state index contributed by atoms with van der Waals surface area (Å²) in [7, 11) is 0. The minimum Gasteiger partial charge on any atom is -0.491 e. The molecule has 0 unspecified atom stereocenters. The minimum absolute atomic E-state index is 0.0880. The van der Waals surface area contributed by atoms with E-state index < -0.39 is 23.3 Å². The number of halogens is 5. The summed E-state index contributed by atoms with van der Waals surface area (Å²) in [6.45, 7) is 1.80. The molecule has 1 fully saturated rings. The summed E-state index contributed by atoms with van der Waals surface area (Å²) in [6.07, 6.45) is 3.21. The summed E-state index contributed by atoms with van der Waals surface area (Å²) in [6, 6.07) is 5.22. The molecule has 0 heterocycles. The van der Waals surface area contributed by atoms with E-state index in [-0.39, 0.29) is 35.0 Å². The maximum atomic E-state index is 14.7. The smallest absolute Gasteiger partial charge is 0.201 e. The number of ether oxygens (including phenoxy) is 1. The molecule has 27 heavy (non-hydrogen) atoms. The molecule has 6 heteroatoms. The van der Waals surface area contributed by atoms with Crippen molar-refractivity contribution >= 4 is 11.6 Å². The Morgan fingerprint density at radius 2 is 1.44 bits per heavy atom. The lowest BCUT2D eigenvalue weighted by molar-refractivity contribution is 0.314. The first-order valence-corrected chi connectivity index (χ1v) is 9.66. The van der Waals surface area contributed by atoms with Crippen LogP contribution in [0, 0.1) is 29.2 Å². The molecule has 0 aromatic heterocycles. The fraction of sp³-hybridized carbons (Fsp3) is 0.429. The molecule has 0 bridgehead atoms. The second kappa shape index (κ2) is 8.51. The maximum Gasteiger partial charge on any atom is 0.201 e. The summed E-state index contributed by atoms with van der Waals surface area (Å²) in [5.74, 6) is -3.97. The zero-order valence-electron chi connectivity index (χ0n) is 15.0. The van der Waals surface area contributed by atoms with Crippen LogP contribution in [0.1, 0.15) is 44.1 Å². The lowest BCUT2D eigenvalue weighted by atomic mass is 9.79. The Morgan fingerprint density at radius 1 is 0.852 bits per heavy atom. The van der Waals surface area contributed by atoms with E-state index in [1.54, 1.807) is 6.92 Å². The van der Waals surface area contributed by atoms with Gasteiger partial charge >= 0.3 is 0 Å². The van der Waals surface area contributed by atoms with E-state index in [4.69, 9.17) is 16.3 Å². The number of rotatable bonds is 5. The summed E-state index contributed by atoms with van der Waals surface area (Å²) >= 11 is 5.87. The molecule has 0 spiro atoms. The van der Waals surface area contributed by atoms with Crippen molar-refractivity contribution in [2.45, 2.75) is 38.5 Å². The van der Waals surface area contributed by atoms with Crippen LogP contribution < -0.4 is 4.74 Å². The average Bonchev–Trinajstić information content (AvgIpc) is 2.68. The van der Waals surface area contributed by atoms with E-state index in [0.717, 1.165) is 25.7 Å². The number of hydrogen-bond acceptors (Lipinski definition) is 1. The zero-order chi connectivity index (χ0) is 19.6. The van der Waals surface area contributed by atoms with Gasteiger partial charge in [0, 0.05) is 17.0 Å². The highest BCUT2D eigenvalue weighted by Gasteiger charge is 2.27. The molecule has 0 atom stereocenters. The first-order valence-electron chi connectivity index (χ1n) is 9.12. The molecule has 2 aromatic rings. The first kappa shape index (κ1) is 20.0. The lowest BCUT2D eigenvalue weighted by Gasteiger charge is -2.28. The van der Waals surface area contributed by atoms with Gasteiger partial charge in [-0.1, -0.05) is 12.1 Å². The highest BCUT2D eigenvalue weighted by atomic mass is 35.5. The van der Waals surface area contributed by atoms with Crippen molar-refractivity contribution in [3.63, 3.8) is 0 Å². The minimum atomic E-state index is -1.25. The Morgan fingerprint density at radius 3 is 2.04 bits per heavy atom. The van der Waals surface area contributed by atoms with Gasteiger partial charge in [-0.3, -0.25) is 0 Å². The summed E-state index contributed by atoms with van der Waals surface area (Å²) in [5.41, 5.74) is -0.342. The lowest BCUT2D eigenvalue weighted by Crippen LogP contribution is -2.16. The molecular weight excluding hydrogens is 380 g/mol. The van der Waals surface area contributed by atoms with Gasteiger partial charge in [-0.2, -0.15) is 4.39 Å². The largest absolute Gasteiger partial charge is 0.491 e. The molecule has 0 radical (unpaired) electrons. The molecule has 0 amide bonds. The second-order valence-electron chi connectivity index (χ2n) is 6.87. The fourth-order valence-electron chi connectivity index (χ4n) is 3.72. The van der Waals surface area contributed by atoms with E-state index in [2.05, 4.69) is 0 Å². The van der Waals surface area contributed by atoms with Crippen molar-refractivity contribution < 1.29 is 22.3 Å². The predicted octanol–water partition coefficient (Wildman–Crippen LogP) is 6.82. The molecule has 0 aliphatic heterocycles. The fourth-order valence-corrected chi connectivity index (χ4v) is 4.03. The maximum absolute atomic E-state index is 14.7. The summed E-state index contributed by atoms with van der Waals surface area (Å²) < 4.78 is 62.8. The molecule has 0 N–H and O–H groups in total. The van der Waals surface area contributed by atoms with Crippen molar-refractivity contribution in [1.29, 1.82) is 0 Å². The van der Waals surface area contributed by atoms with Gasteiger partial charge in [0.2, 0.25) is 5.82 Å². The van der Waals surface area contributed by atoms with Crippen molar-refractivity contribution in [1.82, 2.24) is 0 Å². The molecule has 3 rings (SSSR count). The van der Waals surface area contributed by atoms with Crippen LogP contribution in [0.15, 0.2) is 24.3 Å². The van der Waals surface area contributed by atoms with Gasteiger partial charge in [0.25, 0.3) is 0 Å². The summed E-state index contributed by atoms with van der Waals surface area (Å²) in [4.78, 5) is 0. The normalized spacial score (nSPS) is 19.9. The van der Waals surface area contributed by atoms with Crippen LogP contribution in [0.3, 0.4) is 0 Å². The quantitative estimate of drug-likeness (QED) is 0.395. The van der Waals surface area contributed by atoms with Gasteiger partial charge in [0.1, 0.15) is 0 Å². The molecule has 1 aliphatic rings. The highest BCUT2D eigenvalue weighted by Crippen LogP contribution is 2.40. The van der Waals surface area contributed by atoms with Crippen LogP contribution in [-0.2, 0) is 0 Å². The van der Waals surface area contributed by atoms with E-state index in [1.165, 1.54) is 24.3 Å². The first-order chi connectivity index (χ1) is 13.0. The third-order valence-corrected chi connectivity index (χ3v) is 5.69. The van der Waals surface area contributed by atoms with E-state index in [1.807, 2.05) is 0 Å². The van der Waals surface area contributed by atoms with E-state index in [9.17, 15) is 17.6 Å². The summed E-state index contributed by atoms with van der Waals surface area (Å²) in [5, 5.41) is 0. The molecule has 1 aliphatic carbocycles. The number of alkyl halides is 1. The highest BCUT2D eigenvalue weighted by molar-refractivity contribution is 6.18. The SMILES string of the molecule is CCOc1ccc(-c2ccc(C3CCC(CCl)CC3)c(F)c2F)c(F)c1F. The van der Waals surface area contributed by atoms with E-state index >= 15 is 0 Å². The van der Waals surface area contributed by atoms with Crippen LogP contribution in [0.4, 0.5) is 17.6 Å². The standard InChI is InChI=1S/C21H21ClF4O/c1-2-27-17-10-9-16(20(25)21(17)26)15-8-7-14(18(23)19(15)24)13-5-3-12(11-22)4-6-13/h7-10,12-13H,2-6,11H2,1H3. The van der Waals surface area contributed by atoms with Crippen LogP contribution in [0.5, 0.6) is 5.75 Å². The second-order valence-corrected chi connectivity index (χ2v) is 7.18. The molecule has 1 nitrogen and oxygen atoms in total. The Kier molecular flexibility index (Phi) is 6.30. The van der Waals surface area contributed by atoms with Crippen LogP contribution in [0.2, 0.25) is 0 Å². The molecule has 1 saturated carbocycles. The van der Waals surface area contributed by atoms with Gasteiger partial charge in [-0.15, -0.1) is 11.6 Å².